The van der Waals surface area contributed by atoms with Crippen molar-refractivity contribution in [2.75, 3.05) is 24.8 Å². The van der Waals surface area contributed by atoms with Crippen LogP contribution in [0.4, 0.5) is 5.95 Å². The molecule has 0 unspecified atom stereocenters. The first kappa shape index (κ1) is 24.3. The van der Waals surface area contributed by atoms with Crippen molar-refractivity contribution in [2.45, 2.75) is 38.3 Å². The second-order valence-electron chi connectivity index (χ2n) is 9.23. The number of hydrazone groups is 1. The molecule has 3 heterocycles. The van der Waals surface area contributed by atoms with E-state index in [4.69, 9.17) is 32.3 Å². The molecule has 2 aliphatic heterocycles. The van der Waals surface area contributed by atoms with Crippen LogP contribution in [0.1, 0.15) is 36.3 Å². The Morgan fingerprint density at radius 1 is 1.08 bits per heavy atom. The maximum absolute atomic E-state index is 13.4. The third kappa shape index (κ3) is 5.22. The molecule has 0 spiro atoms. The van der Waals surface area contributed by atoms with Crippen LogP contribution in [0, 0.1) is 5.92 Å². The Morgan fingerprint density at radius 2 is 1.81 bits per heavy atom. The van der Waals surface area contributed by atoms with Crippen LogP contribution in [0.15, 0.2) is 64.5 Å². The number of hydrogen-bond acceptors (Lipinski definition) is 6. The Morgan fingerprint density at radius 3 is 2.50 bits per heavy atom. The van der Waals surface area contributed by atoms with Gasteiger partial charge < -0.3 is 10.5 Å². The molecule has 10 heteroatoms. The third-order valence-corrected chi connectivity index (χ3v) is 7.00. The summed E-state index contributed by atoms with van der Waals surface area (Å²) in [5.41, 5.74) is 8.08. The number of carbonyl (C=O) groups excluding carboxylic acids is 1. The first-order valence-electron chi connectivity index (χ1n) is 12.2. The van der Waals surface area contributed by atoms with E-state index in [1.165, 1.54) is 9.25 Å². The van der Waals surface area contributed by atoms with Gasteiger partial charge in [0.15, 0.2) is 0 Å². The molecule has 0 saturated carbocycles. The van der Waals surface area contributed by atoms with E-state index in [9.17, 15) is 9.59 Å². The monoisotopic (exact) mass is 508 g/mol. The van der Waals surface area contributed by atoms with Crippen molar-refractivity contribution in [1.29, 1.82) is 0 Å². The second kappa shape index (κ2) is 10.7. The highest BCUT2D eigenvalue weighted by Gasteiger charge is 2.33. The van der Waals surface area contributed by atoms with Crippen molar-refractivity contribution in [1.82, 2.24) is 14.3 Å². The number of halogens is 1. The van der Waals surface area contributed by atoms with Gasteiger partial charge in [0.05, 0.1) is 12.3 Å². The summed E-state index contributed by atoms with van der Waals surface area (Å²) in [4.78, 5) is 24.9. The molecule has 0 bridgehead atoms. The van der Waals surface area contributed by atoms with E-state index in [-0.39, 0.29) is 24.6 Å². The number of aromatic nitrogens is 3. The standard InChI is InChI=1S/C26H29ClN6O3/c27-21-8-6-20(7-9-21)24-22(19-4-2-1-3-5-19)17-32(29-24)25-30-33(16-18-11-14-36-15-12-18)26(35)31(25)13-10-23(28)34/h1-9,18,22H,10-17H2,(H2,28,34)/t22-/m1/s1. The largest absolute Gasteiger partial charge is 0.381 e. The minimum atomic E-state index is -0.473. The quantitative estimate of drug-likeness (QED) is 0.503. The molecular weight excluding hydrogens is 480 g/mol. The Hall–Kier alpha value is -3.43. The SMILES string of the molecule is NC(=O)CCn1c(N2C[C@H](c3ccccc3)C(c3ccc(Cl)cc3)=N2)nn(CC2CCOCC2)c1=O. The van der Waals surface area contributed by atoms with Gasteiger partial charge >= 0.3 is 5.69 Å². The zero-order valence-corrected chi connectivity index (χ0v) is 20.7. The number of benzene rings is 2. The van der Waals surface area contributed by atoms with Gasteiger partial charge in [-0.2, -0.15) is 5.10 Å². The first-order valence-corrected chi connectivity index (χ1v) is 12.6. The van der Waals surface area contributed by atoms with Gasteiger partial charge in [0, 0.05) is 43.7 Å². The average molecular weight is 509 g/mol. The highest BCUT2D eigenvalue weighted by molar-refractivity contribution is 6.30. The topological polar surface area (TPSA) is 108 Å². The van der Waals surface area contributed by atoms with E-state index in [0.29, 0.717) is 43.2 Å². The molecule has 2 aromatic carbocycles. The van der Waals surface area contributed by atoms with Crippen molar-refractivity contribution in [3.05, 3.63) is 81.2 Å². The van der Waals surface area contributed by atoms with Crippen molar-refractivity contribution >= 4 is 29.2 Å². The molecule has 0 radical (unpaired) electrons. The van der Waals surface area contributed by atoms with Crippen LogP contribution in [0.2, 0.25) is 5.02 Å². The predicted molar refractivity (Wildman–Crippen MR) is 138 cm³/mol. The summed E-state index contributed by atoms with van der Waals surface area (Å²) in [6, 6.07) is 17.7. The Bertz CT molecular complexity index is 1300. The van der Waals surface area contributed by atoms with Gasteiger partial charge in [-0.3, -0.25) is 9.36 Å². The number of hydrogen-bond donors (Lipinski definition) is 1. The first-order chi connectivity index (χ1) is 17.5. The van der Waals surface area contributed by atoms with Gasteiger partial charge in [-0.05, 0) is 42.0 Å². The lowest BCUT2D eigenvalue weighted by atomic mass is 9.91. The number of rotatable bonds is 8. The molecule has 1 fully saturated rings. The molecular formula is C26H29ClN6O3. The molecule has 5 rings (SSSR count). The van der Waals surface area contributed by atoms with Gasteiger partial charge in [0.2, 0.25) is 11.9 Å². The van der Waals surface area contributed by atoms with E-state index in [1.807, 2.05) is 42.5 Å². The average Bonchev–Trinajstić information content (AvgIpc) is 3.46. The van der Waals surface area contributed by atoms with Crippen molar-refractivity contribution in [3.8, 4) is 0 Å². The van der Waals surface area contributed by atoms with Crippen LogP contribution in [0.25, 0.3) is 0 Å². The van der Waals surface area contributed by atoms with Gasteiger partial charge in [-0.1, -0.05) is 54.1 Å². The summed E-state index contributed by atoms with van der Waals surface area (Å²) in [5, 5.41) is 12.1. The summed E-state index contributed by atoms with van der Waals surface area (Å²) in [7, 11) is 0. The van der Waals surface area contributed by atoms with Crippen LogP contribution in [-0.2, 0) is 22.6 Å². The Kier molecular flexibility index (Phi) is 7.20. The maximum atomic E-state index is 13.4. The summed E-state index contributed by atoms with van der Waals surface area (Å²) in [6.07, 6.45) is 1.81. The van der Waals surface area contributed by atoms with Crippen molar-refractivity contribution < 1.29 is 9.53 Å². The molecule has 36 heavy (non-hydrogen) atoms. The normalized spacial score (nSPS) is 18.4. The van der Waals surface area contributed by atoms with Gasteiger partial charge in [0.1, 0.15) is 0 Å². The number of nitrogens with zero attached hydrogens (tertiary/aromatic N) is 5. The fraction of sp³-hybridized carbons (Fsp3) is 0.385. The number of anilines is 1. The minimum absolute atomic E-state index is 0.0345. The lowest BCUT2D eigenvalue weighted by Crippen LogP contribution is -2.31. The van der Waals surface area contributed by atoms with Crippen molar-refractivity contribution in [2.24, 2.45) is 16.8 Å². The Labute approximate surface area is 214 Å². The smallest absolute Gasteiger partial charge is 0.347 e. The number of nitrogens with two attached hydrogens (primary N) is 1. The summed E-state index contributed by atoms with van der Waals surface area (Å²) in [6.45, 7) is 2.53. The molecule has 2 N–H and O–H groups in total. The van der Waals surface area contributed by atoms with E-state index in [1.54, 1.807) is 5.01 Å². The van der Waals surface area contributed by atoms with E-state index >= 15 is 0 Å². The number of carbonyl (C=O) groups is 1. The Balaban J connectivity index is 1.53. The van der Waals surface area contributed by atoms with Crippen LogP contribution in [0.3, 0.4) is 0 Å². The minimum Gasteiger partial charge on any atom is -0.381 e. The summed E-state index contributed by atoms with van der Waals surface area (Å²) in [5.74, 6) is 0.220. The van der Waals surface area contributed by atoms with E-state index < -0.39 is 5.91 Å². The molecule has 2 aliphatic rings. The fourth-order valence-corrected chi connectivity index (χ4v) is 4.91. The van der Waals surface area contributed by atoms with E-state index in [0.717, 1.165) is 29.7 Å². The number of ether oxygens (including phenoxy) is 1. The van der Waals surface area contributed by atoms with Crippen LogP contribution in [0.5, 0.6) is 0 Å². The highest BCUT2D eigenvalue weighted by atomic mass is 35.5. The second-order valence-corrected chi connectivity index (χ2v) is 9.66. The zero-order valence-electron chi connectivity index (χ0n) is 19.9. The fourth-order valence-electron chi connectivity index (χ4n) is 4.79. The summed E-state index contributed by atoms with van der Waals surface area (Å²) < 4.78 is 8.47. The summed E-state index contributed by atoms with van der Waals surface area (Å²) >= 11 is 6.13. The van der Waals surface area contributed by atoms with E-state index in [2.05, 4.69) is 12.1 Å². The van der Waals surface area contributed by atoms with Crippen LogP contribution >= 0.6 is 11.6 Å². The van der Waals surface area contributed by atoms with Gasteiger partial charge in [-0.25, -0.2) is 14.5 Å². The predicted octanol–water partition coefficient (Wildman–Crippen LogP) is 3.01. The molecule has 188 valence electrons. The van der Waals surface area contributed by atoms with Crippen LogP contribution < -0.4 is 16.4 Å². The van der Waals surface area contributed by atoms with Gasteiger partial charge in [-0.15, -0.1) is 5.10 Å². The van der Waals surface area contributed by atoms with Crippen molar-refractivity contribution in [3.63, 3.8) is 0 Å². The molecule has 1 amide bonds. The molecule has 0 aliphatic carbocycles. The highest BCUT2D eigenvalue weighted by Crippen LogP contribution is 2.31. The lowest BCUT2D eigenvalue weighted by Gasteiger charge is -2.21. The van der Waals surface area contributed by atoms with Crippen LogP contribution in [-0.4, -0.2) is 45.7 Å². The molecule has 1 saturated heterocycles. The number of primary amides is 1. The maximum Gasteiger partial charge on any atom is 0.347 e. The third-order valence-electron chi connectivity index (χ3n) is 6.74. The van der Waals surface area contributed by atoms with Gasteiger partial charge in [0.25, 0.3) is 0 Å². The zero-order chi connectivity index (χ0) is 25.1. The molecule has 3 aromatic rings. The molecule has 1 aromatic heterocycles. The molecule has 1 atom stereocenters. The lowest BCUT2D eigenvalue weighted by molar-refractivity contribution is -0.118. The molecule has 9 nitrogen and oxygen atoms in total. The number of amides is 1.